The molecule has 0 saturated heterocycles. The van der Waals surface area contributed by atoms with Gasteiger partial charge in [0.2, 0.25) is 0 Å². The van der Waals surface area contributed by atoms with Crippen LogP contribution < -0.4 is 4.74 Å². The number of esters is 1. The van der Waals surface area contributed by atoms with Crippen molar-refractivity contribution in [3.8, 4) is 5.75 Å². The Morgan fingerprint density at radius 2 is 2.00 bits per heavy atom. The fourth-order valence-electron chi connectivity index (χ4n) is 1.77. The highest BCUT2D eigenvalue weighted by atomic mass is 79.9. The summed E-state index contributed by atoms with van der Waals surface area (Å²) >= 11 is 3.30. The summed E-state index contributed by atoms with van der Waals surface area (Å²) < 4.78 is 11.1. The fourth-order valence-corrected chi connectivity index (χ4v) is 2.07. The van der Waals surface area contributed by atoms with E-state index in [-0.39, 0.29) is 0 Å². The van der Waals surface area contributed by atoms with Crippen molar-refractivity contribution in [2.45, 2.75) is 13.5 Å². The Kier molecular flexibility index (Phi) is 4.74. The molecule has 2 rings (SSSR count). The number of carbonyl (C=O) groups is 1. The number of hydrogen-bond acceptors (Lipinski definition) is 4. The molecule has 0 aliphatic carbocycles. The molecule has 0 N–H and O–H groups in total. The Hall–Kier alpha value is -1.88. The summed E-state index contributed by atoms with van der Waals surface area (Å²) in [6, 6.07) is 9.72. The lowest BCUT2D eigenvalue weighted by Crippen LogP contribution is -2.09. The molecule has 104 valence electrons. The Morgan fingerprint density at radius 1 is 1.30 bits per heavy atom. The molecule has 0 unspecified atom stereocenters. The lowest BCUT2D eigenvalue weighted by atomic mass is 10.1. The average Bonchev–Trinajstić information content (AvgIpc) is 2.48. The minimum absolute atomic E-state index is 0.369. The van der Waals surface area contributed by atoms with Gasteiger partial charge < -0.3 is 9.47 Å². The van der Waals surface area contributed by atoms with Gasteiger partial charge in [-0.25, -0.2) is 9.78 Å². The van der Waals surface area contributed by atoms with Gasteiger partial charge in [0, 0.05) is 5.56 Å². The van der Waals surface area contributed by atoms with Crippen molar-refractivity contribution in [2.75, 3.05) is 7.11 Å². The SMILES string of the molecule is COC(=O)c1c(OCc2ccccc2)cnc(Br)c1C. The van der Waals surface area contributed by atoms with E-state index in [1.54, 1.807) is 6.92 Å². The molecule has 0 amide bonds. The summed E-state index contributed by atoms with van der Waals surface area (Å²) in [7, 11) is 1.34. The lowest BCUT2D eigenvalue weighted by molar-refractivity contribution is 0.0594. The van der Waals surface area contributed by atoms with Crippen LogP contribution in [0.5, 0.6) is 5.75 Å². The van der Waals surface area contributed by atoms with E-state index in [1.807, 2.05) is 30.3 Å². The molecular formula is C15H14BrNO3. The topological polar surface area (TPSA) is 48.4 Å². The van der Waals surface area contributed by atoms with Gasteiger partial charge in [-0.2, -0.15) is 0 Å². The Labute approximate surface area is 125 Å². The standard InChI is InChI=1S/C15H14BrNO3/c1-10-13(15(18)19-2)12(8-17-14(10)16)20-9-11-6-4-3-5-7-11/h3-8H,9H2,1-2H3. The molecule has 0 bridgehead atoms. The predicted octanol–water partition coefficient (Wildman–Crippen LogP) is 3.52. The van der Waals surface area contributed by atoms with Gasteiger partial charge in [0.05, 0.1) is 13.3 Å². The van der Waals surface area contributed by atoms with E-state index < -0.39 is 5.97 Å². The van der Waals surface area contributed by atoms with Crippen LogP contribution in [0.15, 0.2) is 41.1 Å². The summed E-state index contributed by atoms with van der Waals surface area (Å²) in [5.41, 5.74) is 2.11. The summed E-state index contributed by atoms with van der Waals surface area (Å²) in [4.78, 5) is 16.0. The molecule has 0 radical (unpaired) electrons. The Morgan fingerprint density at radius 3 is 2.65 bits per heavy atom. The molecule has 20 heavy (non-hydrogen) atoms. The smallest absolute Gasteiger partial charge is 0.342 e. The minimum atomic E-state index is -0.436. The summed E-state index contributed by atoms with van der Waals surface area (Å²) in [6.07, 6.45) is 1.52. The molecule has 2 aromatic rings. The zero-order chi connectivity index (χ0) is 14.5. The van der Waals surface area contributed by atoms with Crippen LogP contribution in [-0.2, 0) is 11.3 Å². The van der Waals surface area contributed by atoms with Crippen molar-refractivity contribution in [3.63, 3.8) is 0 Å². The number of rotatable bonds is 4. The third-order valence-corrected chi connectivity index (χ3v) is 3.65. The van der Waals surface area contributed by atoms with Gasteiger partial charge in [-0.3, -0.25) is 0 Å². The van der Waals surface area contributed by atoms with Crippen LogP contribution in [0.2, 0.25) is 0 Å². The molecule has 1 aromatic carbocycles. The maximum Gasteiger partial charge on any atom is 0.342 e. The van der Waals surface area contributed by atoms with Gasteiger partial charge in [-0.15, -0.1) is 0 Å². The Bertz CT molecular complexity index is 614. The number of pyridine rings is 1. The van der Waals surface area contributed by atoms with E-state index in [0.717, 1.165) is 5.56 Å². The number of aromatic nitrogens is 1. The highest BCUT2D eigenvalue weighted by Gasteiger charge is 2.19. The van der Waals surface area contributed by atoms with Crippen molar-refractivity contribution >= 4 is 21.9 Å². The number of nitrogens with zero attached hydrogens (tertiary/aromatic N) is 1. The number of methoxy groups -OCH3 is 1. The molecule has 0 atom stereocenters. The maximum atomic E-state index is 11.9. The number of halogens is 1. The maximum absolute atomic E-state index is 11.9. The van der Waals surface area contributed by atoms with E-state index in [2.05, 4.69) is 20.9 Å². The molecular weight excluding hydrogens is 322 g/mol. The molecule has 1 heterocycles. The van der Waals surface area contributed by atoms with Crippen molar-refractivity contribution in [3.05, 3.63) is 57.8 Å². The van der Waals surface area contributed by atoms with Crippen LogP contribution in [0.4, 0.5) is 0 Å². The van der Waals surface area contributed by atoms with Crippen LogP contribution in [0.25, 0.3) is 0 Å². The van der Waals surface area contributed by atoms with Gasteiger partial charge in [0.15, 0.2) is 5.75 Å². The van der Waals surface area contributed by atoms with Gasteiger partial charge >= 0.3 is 5.97 Å². The molecule has 5 heteroatoms. The molecule has 1 aromatic heterocycles. The third kappa shape index (κ3) is 3.17. The first-order valence-electron chi connectivity index (χ1n) is 6.03. The van der Waals surface area contributed by atoms with E-state index in [0.29, 0.717) is 28.1 Å². The zero-order valence-electron chi connectivity index (χ0n) is 11.2. The van der Waals surface area contributed by atoms with E-state index in [4.69, 9.17) is 9.47 Å². The van der Waals surface area contributed by atoms with Crippen molar-refractivity contribution in [1.82, 2.24) is 4.98 Å². The second-order valence-electron chi connectivity index (χ2n) is 4.18. The minimum Gasteiger partial charge on any atom is -0.486 e. The summed E-state index contributed by atoms with van der Waals surface area (Å²) in [5, 5.41) is 0. The van der Waals surface area contributed by atoms with Crippen LogP contribution in [0, 0.1) is 6.92 Å². The second-order valence-corrected chi connectivity index (χ2v) is 4.93. The van der Waals surface area contributed by atoms with Crippen molar-refractivity contribution in [2.24, 2.45) is 0 Å². The quantitative estimate of drug-likeness (QED) is 0.633. The lowest BCUT2D eigenvalue weighted by Gasteiger charge is -2.13. The van der Waals surface area contributed by atoms with Crippen LogP contribution in [0.1, 0.15) is 21.5 Å². The van der Waals surface area contributed by atoms with Crippen LogP contribution in [0.3, 0.4) is 0 Å². The normalized spacial score (nSPS) is 10.2. The van der Waals surface area contributed by atoms with Gasteiger partial charge in [-0.05, 0) is 28.4 Å². The largest absolute Gasteiger partial charge is 0.486 e. The molecule has 0 saturated carbocycles. The third-order valence-electron chi connectivity index (χ3n) is 2.85. The molecule has 0 fully saturated rings. The van der Waals surface area contributed by atoms with Crippen molar-refractivity contribution < 1.29 is 14.3 Å². The number of carbonyl (C=O) groups excluding carboxylic acids is 1. The number of benzene rings is 1. The van der Waals surface area contributed by atoms with E-state index in [1.165, 1.54) is 13.3 Å². The van der Waals surface area contributed by atoms with Gasteiger partial charge in [0.1, 0.15) is 16.8 Å². The van der Waals surface area contributed by atoms with Gasteiger partial charge in [0.25, 0.3) is 0 Å². The molecule has 0 aliphatic heterocycles. The first-order valence-corrected chi connectivity index (χ1v) is 6.83. The van der Waals surface area contributed by atoms with Crippen molar-refractivity contribution in [1.29, 1.82) is 0 Å². The average molecular weight is 336 g/mol. The fraction of sp³-hybridized carbons (Fsp3) is 0.200. The molecule has 0 spiro atoms. The Balaban J connectivity index is 2.27. The van der Waals surface area contributed by atoms with Crippen LogP contribution >= 0.6 is 15.9 Å². The predicted molar refractivity (Wildman–Crippen MR) is 78.8 cm³/mol. The molecule has 4 nitrogen and oxygen atoms in total. The molecule has 0 aliphatic rings. The first kappa shape index (κ1) is 14.5. The van der Waals surface area contributed by atoms with E-state index >= 15 is 0 Å². The van der Waals surface area contributed by atoms with Crippen LogP contribution in [-0.4, -0.2) is 18.1 Å². The summed E-state index contributed by atoms with van der Waals surface area (Å²) in [6.45, 7) is 2.16. The van der Waals surface area contributed by atoms with E-state index in [9.17, 15) is 4.79 Å². The first-order chi connectivity index (χ1) is 9.63. The highest BCUT2D eigenvalue weighted by Crippen LogP contribution is 2.27. The van der Waals surface area contributed by atoms with Gasteiger partial charge in [-0.1, -0.05) is 30.3 Å². The highest BCUT2D eigenvalue weighted by molar-refractivity contribution is 9.10. The second kappa shape index (κ2) is 6.52. The number of hydrogen-bond donors (Lipinski definition) is 0. The summed E-state index contributed by atoms with van der Waals surface area (Å²) in [5.74, 6) is -0.0185. The zero-order valence-corrected chi connectivity index (χ0v) is 12.8. The number of ether oxygens (including phenoxy) is 2. The monoisotopic (exact) mass is 335 g/mol.